The van der Waals surface area contributed by atoms with Crippen molar-refractivity contribution in [3.05, 3.63) is 81.7 Å². The molecule has 2 N–H and O–H groups in total. The summed E-state index contributed by atoms with van der Waals surface area (Å²) in [7, 11) is 0. The van der Waals surface area contributed by atoms with Gasteiger partial charge >= 0.3 is 0 Å². The predicted molar refractivity (Wildman–Crippen MR) is 114 cm³/mol. The van der Waals surface area contributed by atoms with Crippen molar-refractivity contribution in [2.45, 2.75) is 12.7 Å². The van der Waals surface area contributed by atoms with Gasteiger partial charge in [0.2, 0.25) is 0 Å². The second-order valence-electron chi connectivity index (χ2n) is 6.39. The maximum Gasteiger partial charge on any atom is 0.287 e. The van der Waals surface area contributed by atoms with Crippen LogP contribution < -0.4 is 14.8 Å². The van der Waals surface area contributed by atoms with E-state index in [-0.39, 0.29) is 30.5 Å². The lowest BCUT2D eigenvalue weighted by Crippen LogP contribution is -2.35. The molecule has 2 aromatic carbocycles. The number of nitrogens with zero attached hydrogens (tertiary/aromatic N) is 1. The van der Waals surface area contributed by atoms with Crippen molar-refractivity contribution >= 4 is 29.1 Å². The number of nitrogens with one attached hydrogen (secondary N) is 1. The van der Waals surface area contributed by atoms with Gasteiger partial charge in [-0.15, -0.1) is 0 Å². The quantitative estimate of drug-likeness (QED) is 0.495. The smallest absolute Gasteiger partial charge is 0.287 e. The Kier molecular flexibility index (Phi) is 7.79. The third-order valence-corrected chi connectivity index (χ3v) is 4.91. The molecule has 160 valence electrons. The molecule has 7 nitrogen and oxygen atoms in total. The molecule has 1 heterocycles. The minimum atomic E-state index is -0.973. The highest BCUT2D eigenvalue weighted by Gasteiger charge is 2.15. The van der Waals surface area contributed by atoms with E-state index >= 15 is 0 Å². The Morgan fingerprint density at radius 3 is 2.68 bits per heavy atom. The predicted octanol–water partition coefficient (Wildman–Crippen LogP) is 4.21. The molecule has 31 heavy (non-hydrogen) atoms. The molecule has 0 saturated heterocycles. The molecule has 0 saturated carbocycles. The molecular weight excluding hydrogens is 443 g/mol. The first-order chi connectivity index (χ1) is 15.0. The summed E-state index contributed by atoms with van der Waals surface area (Å²) < 4.78 is 16.5. The second kappa shape index (κ2) is 10.7. The molecular formula is C22H18Cl2N2O5. The van der Waals surface area contributed by atoms with Gasteiger partial charge in [-0.05, 0) is 36.4 Å². The third-order valence-electron chi connectivity index (χ3n) is 4.11. The number of aliphatic hydroxyl groups is 1. The number of hydrogen-bond acceptors (Lipinski definition) is 6. The average molecular weight is 461 g/mol. The zero-order chi connectivity index (χ0) is 22.2. The lowest BCUT2D eigenvalue weighted by molar-refractivity contribution is 0.0819. The Hall–Kier alpha value is -3.18. The van der Waals surface area contributed by atoms with E-state index in [1.807, 2.05) is 6.07 Å². The Morgan fingerprint density at radius 1 is 1.10 bits per heavy atom. The van der Waals surface area contributed by atoms with Gasteiger partial charge in [0.15, 0.2) is 5.76 Å². The zero-order valence-electron chi connectivity index (χ0n) is 16.2. The highest BCUT2D eigenvalue weighted by atomic mass is 35.5. The summed E-state index contributed by atoms with van der Waals surface area (Å²) >= 11 is 11.9. The van der Waals surface area contributed by atoms with Crippen molar-refractivity contribution in [3.63, 3.8) is 0 Å². The highest BCUT2D eigenvalue weighted by Crippen LogP contribution is 2.31. The molecule has 0 bridgehead atoms. The number of nitriles is 1. The molecule has 3 rings (SSSR count). The summed E-state index contributed by atoms with van der Waals surface area (Å²) in [5.41, 5.74) is 0.405. The van der Waals surface area contributed by atoms with Crippen LogP contribution in [0.15, 0.2) is 59.0 Å². The van der Waals surface area contributed by atoms with Gasteiger partial charge in [-0.1, -0.05) is 41.4 Å². The first-order valence-corrected chi connectivity index (χ1v) is 9.97. The Labute approximate surface area is 188 Å². The summed E-state index contributed by atoms with van der Waals surface area (Å²) in [4.78, 5) is 12.2. The summed E-state index contributed by atoms with van der Waals surface area (Å²) in [6, 6.07) is 16.9. The van der Waals surface area contributed by atoms with E-state index in [1.54, 1.807) is 48.5 Å². The van der Waals surface area contributed by atoms with Crippen molar-refractivity contribution in [1.82, 2.24) is 5.32 Å². The molecule has 0 radical (unpaired) electrons. The van der Waals surface area contributed by atoms with E-state index in [4.69, 9.17) is 42.4 Å². The van der Waals surface area contributed by atoms with Crippen molar-refractivity contribution in [2.75, 3.05) is 13.2 Å². The SMILES string of the molecule is N#Cc1ccccc1OCc1ccc(C(=O)NCC(O)COc2cccc(Cl)c2Cl)o1. The van der Waals surface area contributed by atoms with Crippen LogP contribution in [0, 0.1) is 11.3 Å². The van der Waals surface area contributed by atoms with E-state index < -0.39 is 12.0 Å². The van der Waals surface area contributed by atoms with Crippen molar-refractivity contribution < 1.29 is 23.8 Å². The Morgan fingerprint density at radius 2 is 1.87 bits per heavy atom. The topological polar surface area (TPSA) is 105 Å². The van der Waals surface area contributed by atoms with Crippen LogP contribution in [-0.2, 0) is 6.61 Å². The highest BCUT2D eigenvalue weighted by molar-refractivity contribution is 6.42. The summed E-state index contributed by atoms with van der Waals surface area (Å²) in [6.45, 7) is -0.0855. The van der Waals surface area contributed by atoms with Crippen LogP contribution in [0.4, 0.5) is 0 Å². The van der Waals surface area contributed by atoms with Gasteiger partial charge in [0.1, 0.15) is 47.7 Å². The minimum Gasteiger partial charge on any atom is -0.489 e. The van der Waals surface area contributed by atoms with Gasteiger partial charge in [0, 0.05) is 6.54 Å². The van der Waals surface area contributed by atoms with Gasteiger partial charge in [0.05, 0.1) is 10.6 Å². The first-order valence-electron chi connectivity index (χ1n) is 9.21. The normalized spacial score (nSPS) is 11.4. The Balaban J connectivity index is 1.46. The second-order valence-corrected chi connectivity index (χ2v) is 7.17. The van der Waals surface area contributed by atoms with Crippen molar-refractivity contribution in [3.8, 4) is 17.6 Å². The average Bonchev–Trinajstić information content (AvgIpc) is 3.26. The lowest BCUT2D eigenvalue weighted by Gasteiger charge is -2.14. The fourth-order valence-electron chi connectivity index (χ4n) is 2.55. The van der Waals surface area contributed by atoms with Gasteiger partial charge in [-0.25, -0.2) is 0 Å². The first kappa shape index (κ1) is 22.5. The standard InChI is InChI=1S/C22H18Cl2N2O5/c23-17-5-3-7-19(21(17)24)29-12-15(27)11-26-22(28)20-9-8-16(31-20)13-30-18-6-2-1-4-14(18)10-25/h1-9,15,27H,11-13H2,(H,26,28). The van der Waals surface area contributed by atoms with Crippen LogP contribution in [0.1, 0.15) is 21.9 Å². The van der Waals surface area contributed by atoms with E-state index in [0.717, 1.165) is 0 Å². The summed E-state index contributed by atoms with van der Waals surface area (Å²) in [5, 5.41) is 22.3. The number of amides is 1. The molecule has 0 fully saturated rings. The molecule has 1 atom stereocenters. The number of furan rings is 1. The maximum absolute atomic E-state index is 12.2. The van der Waals surface area contributed by atoms with Crippen LogP contribution >= 0.6 is 23.2 Å². The van der Waals surface area contributed by atoms with Gasteiger partial charge < -0.3 is 24.3 Å². The molecule has 0 aliphatic rings. The minimum absolute atomic E-state index is 0.0565. The molecule has 3 aromatic rings. The van der Waals surface area contributed by atoms with Gasteiger partial charge in [-0.3, -0.25) is 4.79 Å². The number of para-hydroxylation sites is 1. The number of rotatable bonds is 9. The molecule has 1 amide bonds. The largest absolute Gasteiger partial charge is 0.489 e. The maximum atomic E-state index is 12.2. The van der Waals surface area contributed by atoms with Crippen LogP contribution in [0.5, 0.6) is 11.5 Å². The molecule has 0 spiro atoms. The molecule has 0 aliphatic carbocycles. The fourth-order valence-corrected chi connectivity index (χ4v) is 2.90. The molecule has 0 aliphatic heterocycles. The summed E-state index contributed by atoms with van der Waals surface area (Å²) in [6.07, 6.45) is -0.973. The van der Waals surface area contributed by atoms with Crippen LogP contribution in [0.25, 0.3) is 0 Å². The van der Waals surface area contributed by atoms with E-state index in [9.17, 15) is 9.90 Å². The number of benzene rings is 2. The number of carbonyl (C=O) groups excluding carboxylic acids is 1. The fraction of sp³-hybridized carbons (Fsp3) is 0.182. The third kappa shape index (κ3) is 6.15. The van der Waals surface area contributed by atoms with Crippen LogP contribution in [0.3, 0.4) is 0 Å². The van der Waals surface area contributed by atoms with Crippen LogP contribution in [0.2, 0.25) is 10.0 Å². The van der Waals surface area contributed by atoms with Crippen molar-refractivity contribution in [2.24, 2.45) is 0 Å². The number of halogens is 2. The number of carbonyl (C=O) groups is 1. The van der Waals surface area contributed by atoms with Gasteiger partial charge in [-0.2, -0.15) is 5.26 Å². The summed E-state index contributed by atoms with van der Waals surface area (Å²) in [5.74, 6) is 0.752. The molecule has 9 heteroatoms. The van der Waals surface area contributed by atoms with Crippen LogP contribution in [-0.4, -0.2) is 30.3 Å². The number of aliphatic hydroxyl groups excluding tert-OH is 1. The number of ether oxygens (including phenoxy) is 2. The number of hydrogen-bond donors (Lipinski definition) is 2. The van der Waals surface area contributed by atoms with E-state index in [2.05, 4.69) is 5.32 Å². The molecule has 1 aromatic heterocycles. The van der Waals surface area contributed by atoms with E-state index in [0.29, 0.717) is 27.8 Å². The lowest BCUT2D eigenvalue weighted by atomic mass is 10.2. The Bertz CT molecular complexity index is 1090. The zero-order valence-corrected chi connectivity index (χ0v) is 17.7. The van der Waals surface area contributed by atoms with Crippen molar-refractivity contribution in [1.29, 1.82) is 5.26 Å². The molecule has 1 unspecified atom stereocenters. The van der Waals surface area contributed by atoms with E-state index in [1.165, 1.54) is 6.07 Å². The monoisotopic (exact) mass is 460 g/mol. The van der Waals surface area contributed by atoms with Gasteiger partial charge in [0.25, 0.3) is 5.91 Å².